The molecule has 0 bridgehead atoms. The molecule has 0 saturated carbocycles. The molecule has 5 rings (SSSR count). The normalized spacial score (nSPS) is 38.7. The number of hydrogen-bond donors (Lipinski definition) is 4. The first-order valence-corrected chi connectivity index (χ1v) is 34.2. The van der Waals surface area contributed by atoms with Gasteiger partial charge in [-0.2, -0.15) is 13.0 Å². The van der Waals surface area contributed by atoms with Gasteiger partial charge < -0.3 is 136 Å². The number of methoxy groups -OCH3 is 5. The predicted octanol–water partition coefficient (Wildman–Crippen LogP) is -42.6. The number of aliphatic hydroxyl groups is 2. The van der Waals surface area contributed by atoms with E-state index in [0.29, 0.717) is 14.0 Å². The van der Waals surface area contributed by atoms with Crippen LogP contribution in [0.2, 0.25) is 0 Å². The van der Waals surface area contributed by atoms with Gasteiger partial charge in [0.05, 0.1) is 38.0 Å². The van der Waals surface area contributed by atoms with Crippen molar-refractivity contribution in [3.63, 3.8) is 0 Å². The van der Waals surface area contributed by atoms with Crippen LogP contribution in [0, 0.1) is 0 Å². The minimum absolute atomic E-state index is 0. The summed E-state index contributed by atoms with van der Waals surface area (Å²) in [5.41, 5.74) is -13.6. The van der Waals surface area contributed by atoms with E-state index in [1.807, 2.05) is 0 Å². The van der Waals surface area contributed by atoms with E-state index in [-0.39, 0.29) is 353 Å². The number of likely N-dealkylation sites (N-methyl/N-ethyl adjacent to an activating group) is 1. The van der Waals surface area contributed by atoms with Crippen molar-refractivity contribution in [2.75, 3.05) is 55.8 Å². The molecule has 0 amide bonds. The van der Waals surface area contributed by atoms with Crippen LogP contribution in [-0.4, -0.2) is 278 Å². The van der Waals surface area contributed by atoms with E-state index in [0.717, 1.165) is 32.7 Å². The third-order valence-electron chi connectivity index (χ3n) is 14.9. The third kappa shape index (κ3) is 36.5. The van der Waals surface area contributed by atoms with Crippen molar-refractivity contribution in [3.05, 3.63) is 0 Å². The van der Waals surface area contributed by atoms with Gasteiger partial charge in [-0.05, 0) is 34.6 Å². The van der Waals surface area contributed by atoms with Gasteiger partial charge in [0.2, 0.25) is 31.2 Å². The smallest absolute Gasteiger partial charge is 0.726 e. The summed E-state index contributed by atoms with van der Waals surface area (Å²) >= 11 is -1.86. The minimum Gasteiger partial charge on any atom is -0.726 e. The van der Waals surface area contributed by atoms with E-state index in [9.17, 15) is 102 Å². The fraction of sp³-hybridized carbons (Fsp3) is 0.951. The number of ether oxygens (including phenoxy) is 14. The van der Waals surface area contributed by atoms with Gasteiger partial charge in [-0.15, -0.1) is 8.67 Å². The van der Waals surface area contributed by atoms with Gasteiger partial charge in [0.15, 0.2) is 62.2 Å². The molecule has 4 N–H and O–H groups in total. The topological polar surface area (TPSA) is 703 Å². The second-order valence-electron chi connectivity index (χ2n) is 20.7. The molecule has 5 heterocycles. The van der Waals surface area contributed by atoms with Crippen LogP contribution in [-0.2, 0) is 175 Å². The number of nitrogens with zero attached hydrogens (tertiary/aromatic N) is 1. The first-order chi connectivity index (χ1) is 49.1. The maximum atomic E-state index is 13.7. The number of carbonyl (C=O) groups is 2. The van der Waals surface area contributed by atoms with Crippen LogP contribution in [0.3, 0.4) is 0 Å². The quantitative estimate of drug-likeness (QED) is 0.00643. The summed E-state index contributed by atoms with van der Waals surface area (Å²) in [6.45, 7) is 0.138. The maximum absolute atomic E-state index is 13.7. The Labute approximate surface area is 883 Å². The molecule has 5 aliphatic heterocycles. The zero-order valence-electron chi connectivity index (χ0n) is 67.5. The van der Waals surface area contributed by atoms with Crippen molar-refractivity contribution < 1.29 is 532 Å². The SMILES string of the molecule is [2H]C(C)(OS(=O)(=O)[O-])C1([2H])O[C@]([2H])(O[C@]2(C)C(C(=O)[O-])O[C@@H](O[C@H]3C(OC)C(NSOO[O-])[C@@H](OC)O[C@H]3COS(=O)(=O)[O-])C(OS(=O)(=O)[O-])[C@@H]2O)C([2H])(NSOO[O-])[C@@]([2H])(OSOO[O-])[C@]1(C)O[C@@H]1O[C@@H](C(=O)[O-])[C@@H](O[C@H]2O[C@@H](COSOO[O-])[C@@H](OC)C(C)(OC)C2N(C)SOO[O-])C(C)(O)C1OC.[Na+].[Na+].[Na+].[Na+].[Na+].[Na+].[Na+].[Na+].[Na+].[Na+]. The summed E-state index contributed by atoms with van der Waals surface area (Å²) in [5.74, 6) is -5.29. The maximum Gasteiger partial charge on any atom is 1.00 e. The molecule has 70 heteroatoms. The van der Waals surface area contributed by atoms with E-state index >= 15 is 0 Å². The molecule has 0 aliphatic carbocycles. The summed E-state index contributed by atoms with van der Waals surface area (Å²) in [4.78, 5) is 27.3. The van der Waals surface area contributed by atoms with Crippen LogP contribution in [0.5, 0.6) is 0 Å². The molecular formula is C41H63N3Na10O49S8. The number of carboxylic acids is 2. The third-order valence-corrected chi connectivity index (χ3v) is 18.4. The van der Waals surface area contributed by atoms with Crippen molar-refractivity contribution in [1.82, 2.24) is 13.7 Å². The molecular weight excluding hydrogens is 1800 g/mol. The standard InChI is InChI=1S/C41H73N3O49S8.10Na/c1-14(82-100(59,60)61)25-41(5,80-37-30(67-9)38(2,50)28(22(75-37)31(46)47)77-36-23(44(6)96-91-86-53)39(3,69-11)26(66-8)16(73-36)12-70-97-92-87-54)27(81-98-93-88-55)18(43-95-90-85-52)34(76-25)79-40(4)24(45)21(83-101(62,63)64)35(78-29(40)32(48)49)74-19-15(13-71-99(56,57)58)72-33(68-10)17(20(19)65-7)42-94-89-84-51;;;;;;;;;;/h14-30,33-37,42-43,45,50-55H,12-13H2,1-11H3,(H,46,47)(H,48,49)(H,56,57,58)(H,59,60,61)(H,62,63,64);;;;;;;;;;/q;10*+1/p-10/t14?,15-,16-,17?,18?,19+,20?,21?,22+,23?,24-,25?,26+,27+,28+,29?,30?,33-,34+,35+,36+,37-,38?,39?,40-,41+;;;;;;;;;;/m0........../s1/i14D,18D,25D,27D,34D;;;;;;;;;;. The van der Waals surface area contributed by atoms with Crippen LogP contribution < -0.4 is 342 Å². The summed E-state index contributed by atoms with van der Waals surface area (Å²) in [5, 5.41) is 125. The summed E-state index contributed by atoms with van der Waals surface area (Å²) in [6.07, 6.45) is -57.1. The molecule has 5 aliphatic rings. The largest absolute Gasteiger partial charge is 1.00 e. The van der Waals surface area contributed by atoms with Crippen LogP contribution in [0.4, 0.5) is 0 Å². The summed E-state index contributed by atoms with van der Waals surface area (Å²) < 4.78 is 292. The van der Waals surface area contributed by atoms with Gasteiger partial charge in [0.25, 0.3) is 0 Å². The van der Waals surface area contributed by atoms with Gasteiger partial charge >= 0.3 is 296 Å². The molecule has 594 valence electrons. The number of nitrogens with one attached hydrogen (secondary N) is 2. The van der Waals surface area contributed by atoms with Crippen LogP contribution in [0.1, 0.15) is 41.5 Å². The Bertz CT molecular complexity index is 3250. The van der Waals surface area contributed by atoms with Gasteiger partial charge in [-0.1, -0.05) is 0 Å². The Morgan fingerprint density at radius 3 is 1.63 bits per heavy atom. The Morgan fingerprint density at radius 1 is 0.595 bits per heavy atom. The van der Waals surface area contributed by atoms with E-state index in [2.05, 4.69) is 64.1 Å². The number of hydrogen-bond acceptors (Lipinski definition) is 57. The fourth-order valence-corrected chi connectivity index (χ4v) is 13.9. The Morgan fingerprint density at radius 2 is 1.14 bits per heavy atom. The summed E-state index contributed by atoms with van der Waals surface area (Å²) in [6, 6.07) is -8.00. The molecule has 0 aromatic rings. The van der Waals surface area contributed by atoms with Crippen LogP contribution >= 0.6 is 61.3 Å². The molecule has 0 spiro atoms. The second-order valence-corrected chi connectivity index (χ2v) is 26.6. The number of aliphatic hydroxyl groups excluding tert-OH is 1. The molecule has 111 heavy (non-hydrogen) atoms. The second kappa shape index (κ2) is 61.5. The molecule has 0 aromatic carbocycles. The first-order valence-electron chi connectivity index (χ1n) is 29.2. The van der Waals surface area contributed by atoms with Crippen molar-refractivity contribution in [2.24, 2.45) is 0 Å². The average Bonchev–Trinajstić information content (AvgIpc) is 0.658. The van der Waals surface area contributed by atoms with Crippen LogP contribution in [0.15, 0.2) is 0 Å². The fourth-order valence-electron chi connectivity index (χ4n) is 10.9. The molecule has 26 atom stereocenters. The van der Waals surface area contributed by atoms with E-state index < -0.39 is 238 Å². The van der Waals surface area contributed by atoms with Crippen molar-refractivity contribution in [2.45, 2.75) is 192 Å². The van der Waals surface area contributed by atoms with Gasteiger partial charge in [-0.25, -0.2) is 39.0 Å². The Hall–Kier alpha value is 8.86. The zero-order valence-corrected chi connectivity index (χ0v) is 89.1. The molecule has 5 fully saturated rings. The predicted molar refractivity (Wildman–Crippen MR) is 289 cm³/mol. The van der Waals surface area contributed by atoms with Crippen molar-refractivity contribution in [1.29, 1.82) is 0 Å². The molecule has 5 saturated heterocycles. The number of rotatable bonds is 44. The molecule has 11 unspecified atom stereocenters. The van der Waals surface area contributed by atoms with Crippen molar-refractivity contribution >= 4 is 104 Å². The zero-order chi connectivity index (χ0) is 80.4. The molecule has 52 nitrogen and oxygen atoms in total. The van der Waals surface area contributed by atoms with Gasteiger partial charge in [0, 0.05) is 42.6 Å². The van der Waals surface area contributed by atoms with Crippen molar-refractivity contribution in [3.8, 4) is 0 Å². The van der Waals surface area contributed by atoms with E-state index in [1.54, 1.807) is 4.72 Å². The molecule has 0 aromatic heterocycles. The number of carbonyl (C=O) groups excluding carboxylic acids is 2. The number of aliphatic carboxylic acids is 2. The monoisotopic (exact) mass is 1870 g/mol. The Balaban J connectivity index is -0.00000302. The van der Waals surface area contributed by atoms with E-state index in [4.69, 9.17) is 74.7 Å². The van der Waals surface area contributed by atoms with Gasteiger partial charge in [0.1, 0.15) is 150 Å². The average molecular weight is 1870 g/mol. The Kier molecular flexibility index (Phi) is 66.4. The minimum atomic E-state index is -6.65. The first kappa shape index (κ1) is 120. The molecule has 0 radical (unpaired) electrons. The van der Waals surface area contributed by atoms with Crippen LogP contribution in [0.25, 0.3) is 0 Å². The van der Waals surface area contributed by atoms with E-state index in [1.165, 1.54) is 14.0 Å². The van der Waals surface area contributed by atoms with Gasteiger partial charge in [-0.3, -0.25) is 46.1 Å². The number of carboxylic acid groups (broad SMARTS) is 2. The summed E-state index contributed by atoms with van der Waals surface area (Å²) in [7, 11) is -13.1.